The van der Waals surface area contributed by atoms with Crippen LogP contribution in [0.5, 0.6) is 0 Å². The van der Waals surface area contributed by atoms with Gasteiger partial charge < -0.3 is 15.6 Å². The molecule has 0 aliphatic carbocycles. The zero-order valence-electron chi connectivity index (χ0n) is 13.9. The smallest absolute Gasteiger partial charge is 0.237 e. The summed E-state index contributed by atoms with van der Waals surface area (Å²) in [5.74, 6) is 1.29. The van der Waals surface area contributed by atoms with Crippen LogP contribution in [-0.2, 0) is 11.3 Å². The van der Waals surface area contributed by atoms with Crippen LogP contribution in [-0.4, -0.2) is 27.5 Å². The van der Waals surface area contributed by atoms with E-state index < -0.39 is 5.54 Å². The first-order valence-electron chi connectivity index (χ1n) is 7.96. The number of aromatic nitrogens is 2. The molecular weight excluding hydrogens is 264 g/mol. The van der Waals surface area contributed by atoms with Crippen LogP contribution in [0.15, 0.2) is 12.4 Å². The van der Waals surface area contributed by atoms with Gasteiger partial charge >= 0.3 is 0 Å². The standard InChI is InChI=1S/C16H30N4O/c1-5-9-19-16(4,15(17)21)8-6-7-11-20-12-10-18-14(20)13(2)3/h10,12-13,19H,5-9,11H2,1-4H3,(H2,17,21). The summed E-state index contributed by atoms with van der Waals surface area (Å²) in [6.07, 6.45) is 7.63. The Bertz CT molecular complexity index is 441. The number of nitrogens with one attached hydrogen (secondary N) is 1. The number of primary amides is 1. The summed E-state index contributed by atoms with van der Waals surface area (Å²) in [6.45, 7) is 10.0. The van der Waals surface area contributed by atoms with Gasteiger partial charge in [0.2, 0.25) is 5.91 Å². The lowest BCUT2D eigenvalue weighted by atomic mass is 9.93. The van der Waals surface area contributed by atoms with Crippen molar-refractivity contribution >= 4 is 5.91 Å². The summed E-state index contributed by atoms with van der Waals surface area (Å²) in [6, 6.07) is 0. The van der Waals surface area contributed by atoms with Crippen LogP contribution in [0, 0.1) is 0 Å². The van der Waals surface area contributed by atoms with Gasteiger partial charge in [-0.05, 0) is 39.2 Å². The van der Waals surface area contributed by atoms with Gasteiger partial charge in [0.1, 0.15) is 5.82 Å². The predicted octanol–water partition coefficient (Wildman–Crippen LogP) is 2.42. The largest absolute Gasteiger partial charge is 0.368 e. The summed E-state index contributed by atoms with van der Waals surface area (Å²) < 4.78 is 2.20. The average molecular weight is 294 g/mol. The first kappa shape index (κ1) is 17.7. The molecule has 1 aromatic rings. The van der Waals surface area contributed by atoms with Crippen LogP contribution < -0.4 is 11.1 Å². The number of amides is 1. The third-order valence-electron chi connectivity index (χ3n) is 3.90. The van der Waals surface area contributed by atoms with Gasteiger partial charge in [-0.2, -0.15) is 0 Å². The number of imidazole rings is 1. The van der Waals surface area contributed by atoms with Gasteiger partial charge in [0, 0.05) is 24.9 Å². The van der Waals surface area contributed by atoms with Crippen LogP contribution in [0.3, 0.4) is 0 Å². The van der Waals surface area contributed by atoms with Crippen LogP contribution in [0.25, 0.3) is 0 Å². The average Bonchev–Trinajstić information content (AvgIpc) is 2.89. The van der Waals surface area contributed by atoms with E-state index in [0.29, 0.717) is 5.92 Å². The van der Waals surface area contributed by atoms with Gasteiger partial charge in [0.15, 0.2) is 0 Å². The third kappa shape index (κ3) is 5.16. The van der Waals surface area contributed by atoms with E-state index in [2.05, 4.69) is 35.6 Å². The highest BCUT2D eigenvalue weighted by Crippen LogP contribution is 2.16. The number of nitrogens with zero attached hydrogens (tertiary/aromatic N) is 2. The van der Waals surface area contributed by atoms with Gasteiger partial charge in [-0.15, -0.1) is 0 Å². The van der Waals surface area contributed by atoms with Crippen molar-refractivity contribution in [3.63, 3.8) is 0 Å². The summed E-state index contributed by atoms with van der Waals surface area (Å²) >= 11 is 0. The van der Waals surface area contributed by atoms with E-state index >= 15 is 0 Å². The highest BCUT2D eigenvalue weighted by atomic mass is 16.1. The van der Waals surface area contributed by atoms with Gasteiger partial charge in [-0.25, -0.2) is 4.98 Å². The lowest BCUT2D eigenvalue weighted by Crippen LogP contribution is -2.53. The van der Waals surface area contributed by atoms with Gasteiger partial charge in [0.25, 0.3) is 0 Å². The summed E-state index contributed by atoms with van der Waals surface area (Å²) in [5, 5.41) is 3.27. The monoisotopic (exact) mass is 294 g/mol. The predicted molar refractivity (Wildman–Crippen MR) is 86.1 cm³/mol. The summed E-state index contributed by atoms with van der Waals surface area (Å²) in [4.78, 5) is 16.0. The van der Waals surface area contributed by atoms with E-state index in [1.807, 2.05) is 19.3 Å². The molecule has 0 bridgehead atoms. The Hall–Kier alpha value is -1.36. The first-order chi connectivity index (χ1) is 9.90. The molecule has 1 heterocycles. The summed E-state index contributed by atoms with van der Waals surface area (Å²) in [7, 11) is 0. The number of carbonyl (C=O) groups excluding carboxylic acids is 1. The van der Waals surface area contributed by atoms with Gasteiger partial charge in [0.05, 0.1) is 5.54 Å². The van der Waals surface area contributed by atoms with Crippen molar-refractivity contribution < 1.29 is 4.79 Å². The number of hydrogen-bond acceptors (Lipinski definition) is 3. The number of unbranched alkanes of at least 4 members (excludes halogenated alkanes) is 1. The topological polar surface area (TPSA) is 72.9 Å². The zero-order valence-corrected chi connectivity index (χ0v) is 13.9. The minimum Gasteiger partial charge on any atom is -0.368 e. The Morgan fingerprint density at radius 2 is 2.19 bits per heavy atom. The Kier molecular flexibility index (Phi) is 6.89. The van der Waals surface area contributed by atoms with Crippen molar-refractivity contribution in [1.29, 1.82) is 0 Å². The van der Waals surface area contributed by atoms with Crippen LogP contribution in [0.1, 0.15) is 65.1 Å². The molecule has 1 atom stereocenters. The van der Waals surface area contributed by atoms with E-state index in [-0.39, 0.29) is 5.91 Å². The molecule has 5 heteroatoms. The number of aryl methyl sites for hydroxylation is 1. The maximum Gasteiger partial charge on any atom is 0.237 e. The number of carbonyl (C=O) groups is 1. The molecule has 3 N–H and O–H groups in total. The Morgan fingerprint density at radius 3 is 2.76 bits per heavy atom. The maximum absolute atomic E-state index is 11.6. The van der Waals surface area contributed by atoms with Gasteiger partial charge in [-0.3, -0.25) is 4.79 Å². The Balaban J connectivity index is 2.44. The molecule has 0 fully saturated rings. The fourth-order valence-corrected chi connectivity index (χ4v) is 2.47. The number of rotatable bonds is 10. The molecule has 1 aromatic heterocycles. The Morgan fingerprint density at radius 1 is 1.48 bits per heavy atom. The SMILES string of the molecule is CCCNC(C)(CCCCn1ccnc1C(C)C)C(N)=O. The molecule has 0 spiro atoms. The molecule has 0 saturated carbocycles. The van der Waals surface area contributed by atoms with E-state index in [9.17, 15) is 4.79 Å². The first-order valence-corrected chi connectivity index (χ1v) is 7.96. The number of nitrogens with two attached hydrogens (primary N) is 1. The maximum atomic E-state index is 11.6. The van der Waals surface area contributed by atoms with Crippen molar-refractivity contribution in [1.82, 2.24) is 14.9 Å². The van der Waals surface area contributed by atoms with E-state index in [4.69, 9.17) is 5.73 Å². The highest BCUT2D eigenvalue weighted by molar-refractivity contribution is 5.84. The molecule has 1 rings (SSSR count). The molecule has 1 amide bonds. The second kappa shape index (κ2) is 8.17. The molecule has 0 aromatic carbocycles. The second-order valence-corrected chi connectivity index (χ2v) is 6.21. The van der Waals surface area contributed by atoms with Crippen molar-refractivity contribution in [3.8, 4) is 0 Å². The normalized spacial score (nSPS) is 14.3. The fraction of sp³-hybridized carbons (Fsp3) is 0.750. The molecular formula is C16H30N4O. The molecule has 0 saturated heterocycles. The highest BCUT2D eigenvalue weighted by Gasteiger charge is 2.29. The zero-order chi connectivity index (χ0) is 15.9. The minimum absolute atomic E-state index is 0.263. The lowest BCUT2D eigenvalue weighted by Gasteiger charge is -2.27. The molecule has 1 unspecified atom stereocenters. The minimum atomic E-state index is -0.591. The van der Waals surface area contributed by atoms with E-state index in [1.54, 1.807) is 0 Å². The number of hydrogen-bond donors (Lipinski definition) is 2. The van der Waals surface area contributed by atoms with Crippen LogP contribution in [0.2, 0.25) is 0 Å². The van der Waals surface area contributed by atoms with E-state index in [1.165, 1.54) is 0 Å². The van der Waals surface area contributed by atoms with Crippen molar-refractivity contribution in [2.75, 3.05) is 6.54 Å². The molecule has 120 valence electrons. The molecule has 0 aliphatic heterocycles. The second-order valence-electron chi connectivity index (χ2n) is 6.21. The van der Waals surface area contributed by atoms with Crippen molar-refractivity contribution in [2.45, 2.75) is 71.4 Å². The van der Waals surface area contributed by atoms with Crippen molar-refractivity contribution in [3.05, 3.63) is 18.2 Å². The van der Waals surface area contributed by atoms with Crippen molar-refractivity contribution in [2.24, 2.45) is 5.73 Å². The fourth-order valence-electron chi connectivity index (χ4n) is 2.47. The Labute approximate surface area is 128 Å². The molecule has 5 nitrogen and oxygen atoms in total. The third-order valence-corrected chi connectivity index (χ3v) is 3.90. The molecule has 21 heavy (non-hydrogen) atoms. The van der Waals surface area contributed by atoms with Gasteiger partial charge in [-0.1, -0.05) is 20.8 Å². The van der Waals surface area contributed by atoms with E-state index in [0.717, 1.165) is 44.6 Å². The van der Waals surface area contributed by atoms with Crippen LogP contribution in [0.4, 0.5) is 0 Å². The molecule has 0 aliphatic rings. The quantitative estimate of drug-likeness (QED) is 0.651. The summed E-state index contributed by atoms with van der Waals surface area (Å²) in [5.41, 5.74) is 4.94. The molecule has 0 radical (unpaired) electrons. The lowest BCUT2D eigenvalue weighted by molar-refractivity contribution is -0.124. The van der Waals surface area contributed by atoms with Crippen LogP contribution >= 0.6 is 0 Å².